The lowest BCUT2D eigenvalue weighted by Gasteiger charge is -2.23. The summed E-state index contributed by atoms with van der Waals surface area (Å²) in [4.78, 5) is 14.0. The van der Waals surface area contributed by atoms with Gasteiger partial charge in [-0.1, -0.05) is 29.8 Å². The topological polar surface area (TPSA) is 70.2 Å². The lowest BCUT2D eigenvalue weighted by atomic mass is 10.0. The fourth-order valence-corrected chi connectivity index (χ4v) is 2.83. The fraction of sp³-hybridized carbons (Fsp3) is 0.500. The van der Waals surface area contributed by atoms with Crippen molar-refractivity contribution in [2.45, 2.75) is 44.7 Å². The van der Waals surface area contributed by atoms with Gasteiger partial charge >= 0.3 is 0 Å². The molecule has 1 saturated heterocycles. The fourth-order valence-electron chi connectivity index (χ4n) is 2.83. The minimum atomic E-state index is -0.156. The smallest absolute Gasteiger partial charge is 0.224 e. The second-order valence-corrected chi connectivity index (χ2v) is 5.62. The van der Waals surface area contributed by atoms with Crippen LogP contribution >= 0.6 is 0 Å². The Bertz CT molecular complexity index is 486. The van der Waals surface area contributed by atoms with E-state index in [-0.39, 0.29) is 18.0 Å². The summed E-state index contributed by atoms with van der Waals surface area (Å²) in [5, 5.41) is 7.36. The van der Waals surface area contributed by atoms with Gasteiger partial charge in [-0.2, -0.15) is 0 Å². The average Bonchev–Trinajstić information content (AvgIpc) is 2.86. The molecule has 0 spiro atoms. The number of nitrogens with two attached hydrogens (primary N) is 1. The Hall–Kier alpha value is -1.68. The zero-order chi connectivity index (χ0) is 14.5. The zero-order valence-corrected chi connectivity index (χ0v) is 12.0. The molecule has 1 aromatic rings. The molecule has 0 bridgehead atoms. The van der Waals surface area contributed by atoms with Gasteiger partial charge in [0.1, 0.15) is 0 Å². The number of hydrogen-bond donors (Lipinski definition) is 2. The molecule has 0 aliphatic carbocycles. The van der Waals surface area contributed by atoms with Crippen LogP contribution in [-0.4, -0.2) is 35.7 Å². The number of amides is 1. The Morgan fingerprint density at radius 3 is 3.10 bits per heavy atom. The van der Waals surface area contributed by atoms with Gasteiger partial charge in [0.15, 0.2) is 0 Å². The molecule has 3 N–H and O–H groups in total. The van der Waals surface area contributed by atoms with E-state index in [4.69, 9.17) is 11.1 Å². The number of aryl methyl sites for hydroxylation is 1. The van der Waals surface area contributed by atoms with Crippen LogP contribution in [0.3, 0.4) is 0 Å². The van der Waals surface area contributed by atoms with Crippen LogP contribution < -0.4 is 5.73 Å². The lowest BCUT2D eigenvalue weighted by molar-refractivity contribution is -0.131. The average molecular weight is 273 g/mol. The van der Waals surface area contributed by atoms with Crippen LogP contribution in [0.25, 0.3) is 0 Å². The standard InChI is InChI=1S/C16H23N3O/c1-12-4-2-5-13(8-12)9-14(18)10-16(20)19-7-3-6-15(19)11-17/h2,4-5,8,11,14-15,17H,3,6-7,9-10,18H2,1H3/t14-,15+/m1/s1. The molecule has 0 saturated carbocycles. The molecule has 1 aliphatic rings. The zero-order valence-electron chi connectivity index (χ0n) is 12.0. The summed E-state index contributed by atoms with van der Waals surface area (Å²) >= 11 is 0. The van der Waals surface area contributed by atoms with Crippen LogP contribution in [0, 0.1) is 12.3 Å². The van der Waals surface area contributed by atoms with Crippen LogP contribution in [0.15, 0.2) is 24.3 Å². The summed E-state index contributed by atoms with van der Waals surface area (Å²) in [5.41, 5.74) is 8.50. The molecule has 2 rings (SSSR count). The van der Waals surface area contributed by atoms with Crippen LogP contribution in [0.1, 0.15) is 30.4 Å². The number of benzene rings is 1. The first kappa shape index (κ1) is 14.7. The van der Waals surface area contributed by atoms with Crippen molar-refractivity contribution in [1.82, 2.24) is 4.90 Å². The van der Waals surface area contributed by atoms with E-state index in [2.05, 4.69) is 19.1 Å². The van der Waals surface area contributed by atoms with E-state index in [1.165, 1.54) is 17.3 Å². The van der Waals surface area contributed by atoms with Gasteiger partial charge in [0.2, 0.25) is 5.91 Å². The Balaban J connectivity index is 1.89. The number of rotatable bonds is 5. The van der Waals surface area contributed by atoms with Crippen molar-refractivity contribution >= 4 is 12.1 Å². The normalized spacial score (nSPS) is 19.9. The van der Waals surface area contributed by atoms with Crippen LogP contribution in [0.4, 0.5) is 0 Å². The second kappa shape index (κ2) is 6.66. The van der Waals surface area contributed by atoms with Crippen molar-refractivity contribution in [3.05, 3.63) is 35.4 Å². The van der Waals surface area contributed by atoms with E-state index in [0.717, 1.165) is 25.8 Å². The first-order valence-electron chi connectivity index (χ1n) is 7.21. The summed E-state index contributed by atoms with van der Waals surface area (Å²) in [6, 6.07) is 8.06. The summed E-state index contributed by atoms with van der Waals surface area (Å²) < 4.78 is 0. The summed E-state index contributed by atoms with van der Waals surface area (Å²) in [6.07, 6.45) is 4.34. The van der Waals surface area contributed by atoms with Gasteiger partial charge in [-0.15, -0.1) is 0 Å². The molecule has 20 heavy (non-hydrogen) atoms. The van der Waals surface area contributed by atoms with E-state index in [1.54, 1.807) is 4.90 Å². The highest BCUT2D eigenvalue weighted by molar-refractivity contribution is 5.81. The van der Waals surface area contributed by atoms with E-state index in [1.807, 2.05) is 12.1 Å². The Labute approximate surface area is 120 Å². The highest BCUT2D eigenvalue weighted by atomic mass is 16.2. The highest BCUT2D eigenvalue weighted by Crippen LogP contribution is 2.17. The Kier molecular flexibility index (Phi) is 4.90. The number of likely N-dealkylation sites (tertiary alicyclic amines) is 1. The molecule has 1 heterocycles. The van der Waals surface area contributed by atoms with Crippen molar-refractivity contribution in [3.8, 4) is 0 Å². The third kappa shape index (κ3) is 3.67. The van der Waals surface area contributed by atoms with Crippen LogP contribution in [0.5, 0.6) is 0 Å². The van der Waals surface area contributed by atoms with Gasteiger partial charge in [0, 0.05) is 25.2 Å². The minimum absolute atomic E-state index is 0.0198. The van der Waals surface area contributed by atoms with Crippen molar-refractivity contribution < 1.29 is 4.79 Å². The molecular weight excluding hydrogens is 250 g/mol. The molecule has 1 aromatic carbocycles. The van der Waals surface area contributed by atoms with Crippen LogP contribution in [-0.2, 0) is 11.2 Å². The maximum Gasteiger partial charge on any atom is 0.224 e. The molecule has 1 aliphatic heterocycles. The molecule has 1 fully saturated rings. The predicted molar refractivity (Wildman–Crippen MR) is 81.0 cm³/mol. The van der Waals surface area contributed by atoms with E-state index in [0.29, 0.717) is 6.42 Å². The predicted octanol–water partition coefficient (Wildman–Crippen LogP) is 1.90. The molecule has 0 radical (unpaired) electrons. The molecule has 0 aromatic heterocycles. The second-order valence-electron chi connectivity index (χ2n) is 5.62. The summed E-state index contributed by atoms with van der Waals surface area (Å²) in [7, 11) is 0. The SMILES string of the molecule is Cc1cccc(C[C@@H](N)CC(=O)N2CCC[C@H]2C=N)c1. The molecule has 108 valence electrons. The molecule has 4 nitrogen and oxygen atoms in total. The summed E-state index contributed by atoms with van der Waals surface area (Å²) in [6.45, 7) is 2.81. The monoisotopic (exact) mass is 273 g/mol. The van der Waals surface area contributed by atoms with Crippen molar-refractivity contribution in [2.24, 2.45) is 5.73 Å². The van der Waals surface area contributed by atoms with Crippen molar-refractivity contribution in [2.75, 3.05) is 6.54 Å². The number of carbonyl (C=O) groups excluding carboxylic acids is 1. The third-order valence-electron chi connectivity index (χ3n) is 3.83. The molecule has 4 heteroatoms. The highest BCUT2D eigenvalue weighted by Gasteiger charge is 2.27. The quantitative estimate of drug-likeness (QED) is 0.804. The Morgan fingerprint density at radius 1 is 1.60 bits per heavy atom. The van der Waals surface area contributed by atoms with Gasteiger partial charge in [-0.05, 0) is 31.7 Å². The Morgan fingerprint density at radius 2 is 2.40 bits per heavy atom. The van der Waals surface area contributed by atoms with Crippen molar-refractivity contribution in [1.29, 1.82) is 5.41 Å². The first-order valence-corrected chi connectivity index (χ1v) is 7.21. The van der Waals surface area contributed by atoms with E-state index >= 15 is 0 Å². The van der Waals surface area contributed by atoms with Gasteiger partial charge in [0.25, 0.3) is 0 Å². The maximum atomic E-state index is 12.2. The number of carbonyl (C=O) groups is 1. The van der Waals surface area contributed by atoms with Gasteiger partial charge in [0.05, 0.1) is 6.04 Å². The van der Waals surface area contributed by atoms with Crippen molar-refractivity contribution in [3.63, 3.8) is 0 Å². The number of nitrogens with one attached hydrogen (secondary N) is 1. The maximum absolute atomic E-state index is 12.2. The molecule has 1 amide bonds. The minimum Gasteiger partial charge on any atom is -0.335 e. The number of hydrogen-bond acceptors (Lipinski definition) is 3. The number of nitrogens with zero attached hydrogens (tertiary/aromatic N) is 1. The largest absolute Gasteiger partial charge is 0.335 e. The lowest BCUT2D eigenvalue weighted by Crippen LogP contribution is -2.40. The van der Waals surface area contributed by atoms with Gasteiger partial charge in [-0.3, -0.25) is 4.79 Å². The van der Waals surface area contributed by atoms with Gasteiger partial charge < -0.3 is 16.0 Å². The first-order chi connectivity index (χ1) is 9.60. The molecule has 2 atom stereocenters. The van der Waals surface area contributed by atoms with E-state index in [9.17, 15) is 4.79 Å². The third-order valence-corrected chi connectivity index (χ3v) is 3.83. The molecule has 0 unspecified atom stereocenters. The van der Waals surface area contributed by atoms with E-state index < -0.39 is 0 Å². The van der Waals surface area contributed by atoms with Crippen LogP contribution in [0.2, 0.25) is 0 Å². The molecular formula is C16H23N3O. The van der Waals surface area contributed by atoms with Gasteiger partial charge in [-0.25, -0.2) is 0 Å². The summed E-state index contributed by atoms with van der Waals surface area (Å²) in [5.74, 6) is 0.0798.